The van der Waals surface area contributed by atoms with E-state index in [4.69, 9.17) is 11.5 Å². The Morgan fingerprint density at radius 1 is 0.960 bits per heavy atom. The highest BCUT2D eigenvalue weighted by Crippen LogP contribution is 2.37. The first-order chi connectivity index (χ1) is 12.1. The molecule has 0 radical (unpaired) electrons. The normalized spacial score (nSPS) is 10.9. The third kappa shape index (κ3) is 2.47. The van der Waals surface area contributed by atoms with Crippen molar-refractivity contribution in [3.8, 4) is 22.4 Å². The van der Waals surface area contributed by atoms with E-state index in [0.29, 0.717) is 28.1 Å². The van der Waals surface area contributed by atoms with Crippen LogP contribution < -0.4 is 11.5 Å². The van der Waals surface area contributed by atoms with E-state index in [1.807, 2.05) is 36.4 Å². The average Bonchev–Trinajstić information content (AvgIpc) is 3.03. The van der Waals surface area contributed by atoms with Gasteiger partial charge < -0.3 is 11.5 Å². The SMILES string of the molecule is NC(=O)c1cccc(-c2nnc3n[nH]c(N)c3c2-c2ccccc2)c1. The molecule has 5 N–H and O–H groups in total. The summed E-state index contributed by atoms with van der Waals surface area (Å²) in [5.41, 5.74) is 15.4. The highest BCUT2D eigenvalue weighted by molar-refractivity contribution is 6.05. The summed E-state index contributed by atoms with van der Waals surface area (Å²) in [6.45, 7) is 0. The Morgan fingerprint density at radius 2 is 1.72 bits per heavy atom. The van der Waals surface area contributed by atoms with Gasteiger partial charge in [0.05, 0.1) is 5.39 Å². The molecule has 7 heteroatoms. The standard InChI is InChI=1S/C18H14N6O/c19-16-14-13(10-5-2-1-3-6-10)15(21-23-18(14)24-22-16)11-7-4-8-12(9-11)17(20)25/h1-9H,(H2,20,25)(H3,19,22,23,24). The molecule has 0 saturated heterocycles. The van der Waals surface area contributed by atoms with E-state index >= 15 is 0 Å². The van der Waals surface area contributed by atoms with Gasteiger partial charge in [0.25, 0.3) is 0 Å². The topological polar surface area (TPSA) is 124 Å². The number of amides is 1. The van der Waals surface area contributed by atoms with Crippen molar-refractivity contribution >= 4 is 22.8 Å². The van der Waals surface area contributed by atoms with Crippen LogP contribution in [0.25, 0.3) is 33.4 Å². The number of primary amides is 1. The number of nitrogen functional groups attached to an aromatic ring is 1. The quantitative estimate of drug-likeness (QED) is 0.532. The van der Waals surface area contributed by atoms with Gasteiger partial charge in [-0.25, -0.2) is 0 Å². The van der Waals surface area contributed by atoms with Crippen molar-refractivity contribution in [2.75, 3.05) is 5.73 Å². The summed E-state index contributed by atoms with van der Waals surface area (Å²) < 4.78 is 0. The van der Waals surface area contributed by atoms with Gasteiger partial charge >= 0.3 is 0 Å². The fourth-order valence-electron chi connectivity index (χ4n) is 2.84. The molecule has 0 aliphatic rings. The molecule has 4 aromatic rings. The molecule has 25 heavy (non-hydrogen) atoms. The van der Waals surface area contributed by atoms with Gasteiger partial charge in [-0.1, -0.05) is 42.5 Å². The van der Waals surface area contributed by atoms with Gasteiger partial charge in [-0.3, -0.25) is 9.89 Å². The van der Waals surface area contributed by atoms with Crippen molar-refractivity contribution in [1.29, 1.82) is 0 Å². The molecule has 2 heterocycles. The molecule has 0 atom stereocenters. The van der Waals surface area contributed by atoms with E-state index in [1.54, 1.807) is 18.2 Å². The van der Waals surface area contributed by atoms with E-state index in [-0.39, 0.29) is 0 Å². The van der Waals surface area contributed by atoms with Gasteiger partial charge in [0, 0.05) is 16.7 Å². The van der Waals surface area contributed by atoms with Crippen LogP contribution in [0.15, 0.2) is 54.6 Å². The second kappa shape index (κ2) is 5.72. The smallest absolute Gasteiger partial charge is 0.248 e. The second-order valence-electron chi connectivity index (χ2n) is 5.57. The molecule has 2 aromatic heterocycles. The maximum atomic E-state index is 11.5. The van der Waals surface area contributed by atoms with E-state index < -0.39 is 5.91 Å². The summed E-state index contributed by atoms with van der Waals surface area (Å²) in [6.07, 6.45) is 0. The first-order valence-electron chi connectivity index (χ1n) is 7.61. The van der Waals surface area contributed by atoms with Crippen LogP contribution in [0.3, 0.4) is 0 Å². The molecule has 0 spiro atoms. The Hall–Kier alpha value is -3.74. The zero-order valence-electron chi connectivity index (χ0n) is 13.1. The molecule has 0 fully saturated rings. The number of carbonyl (C=O) groups is 1. The number of fused-ring (bicyclic) bond motifs is 1. The highest BCUT2D eigenvalue weighted by atomic mass is 16.1. The Balaban J connectivity index is 2.06. The second-order valence-corrected chi connectivity index (χ2v) is 5.57. The minimum atomic E-state index is -0.500. The summed E-state index contributed by atoms with van der Waals surface area (Å²) in [7, 11) is 0. The van der Waals surface area contributed by atoms with Gasteiger partial charge in [0.15, 0.2) is 0 Å². The molecule has 0 bridgehead atoms. The molecule has 0 saturated carbocycles. The van der Waals surface area contributed by atoms with Crippen LogP contribution in [0.4, 0.5) is 5.82 Å². The molecule has 0 unspecified atom stereocenters. The predicted octanol–water partition coefficient (Wildman–Crippen LogP) is 2.37. The van der Waals surface area contributed by atoms with Gasteiger partial charge in [-0.05, 0) is 17.7 Å². The van der Waals surface area contributed by atoms with Crippen molar-refractivity contribution in [3.05, 3.63) is 60.2 Å². The van der Waals surface area contributed by atoms with Crippen molar-refractivity contribution in [3.63, 3.8) is 0 Å². The van der Waals surface area contributed by atoms with Crippen LogP contribution in [0.1, 0.15) is 10.4 Å². The predicted molar refractivity (Wildman–Crippen MR) is 95.5 cm³/mol. The third-order valence-electron chi connectivity index (χ3n) is 3.99. The lowest BCUT2D eigenvalue weighted by atomic mass is 9.96. The molecule has 122 valence electrons. The minimum Gasteiger partial charge on any atom is -0.383 e. The zero-order chi connectivity index (χ0) is 17.4. The number of nitrogens with one attached hydrogen (secondary N) is 1. The average molecular weight is 330 g/mol. The molecular formula is C18H14N6O. The Bertz CT molecular complexity index is 1090. The number of anilines is 1. The monoisotopic (exact) mass is 330 g/mol. The molecule has 0 aliphatic heterocycles. The zero-order valence-corrected chi connectivity index (χ0v) is 13.1. The van der Waals surface area contributed by atoms with Crippen LogP contribution in [0, 0.1) is 0 Å². The number of benzene rings is 2. The van der Waals surface area contributed by atoms with E-state index in [0.717, 1.165) is 16.7 Å². The number of aromatic amines is 1. The molecule has 7 nitrogen and oxygen atoms in total. The molecule has 0 aliphatic carbocycles. The maximum absolute atomic E-state index is 11.5. The number of nitrogens with zero attached hydrogens (tertiary/aromatic N) is 3. The summed E-state index contributed by atoms with van der Waals surface area (Å²) in [4.78, 5) is 11.5. The largest absolute Gasteiger partial charge is 0.383 e. The van der Waals surface area contributed by atoms with Gasteiger partial charge in [0.2, 0.25) is 11.6 Å². The Kier molecular flexibility index (Phi) is 3.39. The van der Waals surface area contributed by atoms with Crippen LogP contribution in [0.5, 0.6) is 0 Å². The number of hydrogen-bond acceptors (Lipinski definition) is 5. The number of nitrogens with two attached hydrogens (primary N) is 2. The van der Waals surface area contributed by atoms with Crippen LogP contribution in [-0.4, -0.2) is 26.3 Å². The van der Waals surface area contributed by atoms with Crippen molar-refractivity contribution in [2.24, 2.45) is 5.73 Å². The lowest BCUT2D eigenvalue weighted by molar-refractivity contribution is 0.100. The first kappa shape index (κ1) is 14.8. The third-order valence-corrected chi connectivity index (χ3v) is 3.99. The van der Waals surface area contributed by atoms with Crippen molar-refractivity contribution in [1.82, 2.24) is 20.4 Å². The fourth-order valence-corrected chi connectivity index (χ4v) is 2.84. The van der Waals surface area contributed by atoms with Crippen molar-refractivity contribution in [2.45, 2.75) is 0 Å². The van der Waals surface area contributed by atoms with Gasteiger partial charge in [-0.2, -0.15) is 5.10 Å². The highest BCUT2D eigenvalue weighted by Gasteiger charge is 2.19. The number of carbonyl (C=O) groups excluding carboxylic acids is 1. The minimum absolute atomic E-state index is 0.401. The Morgan fingerprint density at radius 3 is 2.48 bits per heavy atom. The first-order valence-corrected chi connectivity index (χ1v) is 7.61. The summed E-state index contributed by atoms with van der Waals surface area (Å²) in [5, 5.41) is 16.0. The summed E-state index contributed by atoms with van der Waals surface area (Å²) >= 11 is 0. The molecular weight excluding hydrogens is 316 g/mol. The number of H-pyrrole nitrogens is 1. The van der Waals surface area contributed by atoms with Crippen LogP contribution in [0.2, 0.25) is 0 Å². The number of aromatic nitrogens is 4. The van der Waals surface area contributed by atoms with E-state index in [9.17, 15) is 4.79 Å². The van der Waals surface area contributed by atoms with Crippen molar-refractivity contribution < 1.29 is 4.79 Å². The van der Waals surface area contributed by atoms with Crippen LogP contribution in [-0.2, 0) is 0 Å². The summed E-state index contributed by atoms with van der Waals surface area (Å²) in [5.74, 6) is -0.0870. The van der Waals surface area contributed by atoms with Crippen LogP contribution >= 0.6 is 0 Å². The van der Waals surface area contributed by atoms with E-state index in [1.165, 1.54) is 0 Å². The molecule has 1 amide bonds. The lowest BCUT2D eigenvalue weighted by Crippen LogP contribution is -2.10. The number of rotatable bonds is 3. The Labute approximate surface area is 142 Å². The van der Waals surface area contributed by atoms with E-state index in [2.05, 4.69) is 20.4 Å². The molecule has 2 aromatic carbocycles. The van der Waals surface area contributed by atoms with Gasteiger partial charge in [0.1, 0.15) is 11.5 Å². The lowest BCUT2D eigenvalue weighted by Gasteiger charge is -2.10. The molecule has 4 rings (SSSR count). The fraction of sp³-hybridized carbons (Fsp3) is 0. The summed E-state index contributed by atoms with van der Waals surface area (Å²) in [6, 6.07) is 16.7. The number of hydrogen-bond donors (Lipinski definition) is 3. The maximum Gasteiger partial charge on any atom is 0.248 e. The van der Waals surface area contributed by atoms with Gasteiger partial charge in [-0.15, -0.1) is 10.2 Å².